The number of carboxylic acid groups (broad SMARTS) is 1. The van der Waals surface area contributed by atoms with Crippen molar-refractivity contribution in [2.24, 2.45) is 0 Å². The summed E-state index contributed by atoms with van der Waals surface area (Å²) in [5, 5.41) is 11.9. The molecule has 556 valence electrons. The summed E-state index contributed by atoms with van der Waals surface area (Å²) in [5.41, 5.74) is 0. The molecule has 0 aliphatic heterocycles. The summed E-state index contributed by atoms with van der Waals surface area (Å²) in [7, 11) is 5.94. The zero-order chi connectivity index (χ0) is 70.4. The quantitative estimate of drug-likeness (QED) is 0.0195. The molecule has 9 nitrogen and oxygen atoms in total. The maximum Gasteiger partial charge on any atom is 0.306 e. The molecule has 0 saturated carbocycles. The molecular formula is C88H151NO8. The number of allylic oxidation sites excluding steroid dienone is 22. The van der Waals surface area contributed by atoms with Crippen LogP contribution in [0.1, 0.15) is 348 Å². The molecule has 0 fully saturated rings. The van der Waals surface area contributed by atoms with Crippen LogP contribution >= 0.6 is 0 Å². The van der Waals surface area contributed by atoms with Crippen molar-refractivity contribution in [2.75, 3.05) is 47.5 Å². The number of nitrogens with zero attached hydrogens (tertiary/aromatic N) is 1. The lowest BCUT2D eigenvalue weighted by Crippen LogP contribution is -2.44. The van der Waals surface area contributed by atoms with Crippen molar-refractivity contribution < 1.29 is 42.9 Å². The average Bonchev–Trinajstić information content (AvgIpc) is 3.27. The first-order valence-corrected chi connectivity index (χ1v) is 40.3. The number of rotatable bonds is 74. The van der Waals surface area contributed by atoms with Gasteiger partial charge in [0.15, 0.2) is 12.4 Å². The minimum absolute atomic E-state index is 0.146. The van der Waals surface area contributed by atoms with E-state index in [1.807, 2.05) is 21.1 Å². The summed E-state index contributed by atoms with van der Waals surface area (Å²) >= 11 is 0. The number of hydrogen-bond donors (Lipinski definition) is 0. The van der Waals surface area contributed by atoms with Crippen LogP contribution in [0, 0.1) is 0 Å². The Labute approximate surface area is 599 Å². The van der Waals surface area contributed by atoms with E-state index in [0.29, 0.717) is 23.9 Å². The fraction of sp³-hybridized carbons (Fsp3) is 0.716. The highest BCUT2D eigenvalue weighted by atomic mass is 16.7. The van der Waals surface area contributed by atoms with Gasteiger partial charge in [-0.15, -0.1) is 0 Å². The summed E-state index contributed by atoms with van der Waals surface area (Å²) in [6.07, 6.45) is 109. The maximum atomic E-state index is 13.0. The normalized spacial score (nSPS) is 13.4. The van der Waals surface area contributed by atoms with E-state index in [4.69, 9.17) is 18.9 Å². The zero-order valence-corrected chi connectivity index (χ0v) is 63.7. The van der Waals surface area contributed by atoms with E-state index in [9.17, 15) is 19.5 Å². The zero-order valence-electron chi connectivity index (χ0n) is 63.7. The Morgan fingerprint density at radius 3 is 0.825 bits per heavy atom. The van der Waals surface area contributed by atoms with Gasteiger partial charge in [0, 0.05) is 12.8 Å². The molecule has 0 amide bonds. The summed E-state index contributed by atoms with van der Waals surface area (Å²) in [6, 6.07) is 0. The average molecular weight is 1350 g/mol. The molecule has 0 aromatic heterocycles. The minimum Gasteiger partial charge on any atom is -0.545 e. The fourth-order valence-electron chi connectivity index (χ4n) is 11.3. The molecule has 0 aromatic carbocycles. The van der Waals surface area contributed by atoms with E-state index in [-0.39, 0.29) is 32.2 Å². The third-order valence-corrected chi connectivity index (χ3v) is 17.4. The van der Waals surface area contributed by atoms with Crippen molar-refractivity contribution >= 4 is 17.9 Å². The first-order chi connectivity index (χ1) is 47.6. The van der Waals surface area contributed by atoms with E-state index >= 15 is 0 Å². The number of unbranched alkanes of at least 4 members (excludes halogenated alkanes) is 37. The van der Waals surface area contributed by atoms with Gasteiger partial charge in [0.2, 0.25) is 0 Å². The summed E-state index contributed by atoms with van der Waals surface area (Å²) in [5.74, 6) is -2.27. The largest absolute Gasteiger partial charge is 0.545 e. The Morgan fingerprint density at radius 1 is 0.309 bits per heavy atom. The van der Waals surface area contributed by atoms with Crippen LogP contribution in [-0.2, 0) is 33.3 Å². The fourth-order valence-corrected chi connectivity index (χ4v) is 11.3. The van der Waals surface area contributed by atoms with Crippen molar-refractivity contribution in [3.63, 3.8) is 0 Å². The molecule has 0 radical (unpaired) electrons. The first kappa shape index (κ1) is 92.4. The number of aliphatic carboxylic acids is 1. The molecule has 0 spiro atoms. The van der Waals surface area contributed by atoms with E-state index in [2.05, 4.69) is 148 Å². The van der Waals surface area contributed by atoms with Gasteiger partial charge in [0.1, 0.15) is 13.2 Å². The monoisotopic (exact) mass is 1350 g/mol. The van der Waals surface area contributed by atoms with Gasteiger partial charge in [0.05, 0.1) is 40.3 Å². The van der Waals surface area contributed by atoms with E-state index in [1.165, 1.54) is 212 Å². The molecule has 2 unspecified atom stereocenters. The van der Waals surface area contributed by atoms with Gasteiger partial charge in [0.25, 0.3) is 0 Å². The molecule has 0 aliphatic carbocycles. The number of ether oxygens (including phenoxy) is 4. The molecule has 97 heavy (non-hydrogen) atoms. The second-order valence-corrected chi connectivity index (χ2v) is 27.9. The topological polar surface area (TPSA) is 111 Å². The molecule has 0 saturated heterocycles. The predicted molar refractivity (Wildman–Crippen MR) is 416 cm³/mol. The van der Waals surface area contributed by atoms with E-state index < -0.39 is 24.3 Å². The predicted octanol–water partition coefficient (Wildman–Crippen LogP) is 24.7. The van der Waals surface area contributed by atoms with Gasteiger partial charge in [-0.2, -0.15) is 0 Å². The lowest BCUT2D eigenvalue weighted by Gasteiger charge is -2.26. The molecule has 0 aromatic rings. The molecule has 0 aliphatic rings. The molecule has 0 rings (SSSR count). The van der Waals surface area contributed by atoms with Gasteiger partial charge in [-0.05, 0) is 109 Å². The third kappa shape index (κ3) is 78.6. The van der Waals surface area contributed by atoms with Gasteiger partial charge in [-0.3, -0.25) is 9.59 Å². The minimum atomic E-state index is -1.63. The first-order valence-electron chi connectivity index (χ1n) is 40.3. The maximum absolute atomic E-state index is 13.0. The second kappa shape index (κ2) is 77.2. The molecular weight excluding hydrogens is 1200 g/mol. The van der Waals surface area contributed by atoms with Crippen molar-refractivity contribution in [3.05, 3.63) is 134 Å². The van der Waals surface area contributed by atoms with Crippen molar-refractivity contribution in [1.82, 2.24) is 0 Å². The highest BCUT2D eigenvalue weighted by molar-refractivity contribution is 5.70. The SMILES string of the molecule is CC/C=C\C/C=C\C/C=C\C/C=C\C/C=C\C/C=C\C/C=C\CCCCCCCCCCCCCCCCCCCCCC(=O)OC(COC(=O)CCCCCCCCCCCCCCCCCCCC/C=C\C/C=C\C/C=C\C/C=C\CC)COC(OCC[N+](C)(C)C)C(=O)[O-]. The smallest absolute Gasteiger partial charge is 0.306 e. The van der Waals surface area contributed by atoms with Crippen molar-refractivity contribution in [1.29, 1.82) is 0 Å². The number of carbonyl (C=O) groups is 3. The van der Waals surface area contributed by atoms with Crippen LogP contribution in [0.15, 0.2) is 134 Å². The Balaban J connectivity index is 4.00. The van der Waals surface area contributed by atoms with Crippen LogP contribution in [0.3, 0.4) is 0 Å². The number of carboxylic acids is 1. The number of likely N-dealkylation sites (N-methyl/N-ethyl adjacent to an activating group) is 1. The summed E-state index contributed by atoms with van der Waals surface area (Å²) < 4.78 is 22.9. The molecule has 9 heteroatoms. The number of carbonyl (C=O) groups excluding carboxylic acids is 3. The third-order valence-electron chi connectivity index (χ3n) is 17.4. The molecule has 2 atom stereocenters. The lowest BCUT2D eigenvalue weighted by atomic mass is 10.0. The Bertz CT molecular complexity index is 2060. The van der Waals surface area contributed by atoms with Gasteiger partial charge >= 0.3 is 11.9 Å². The second-order valence-electron chi connectivity index (χ2n) is 27.9. The van der Waals surface area contributed by atoms with E-state index in [1.54, 1.807) is 0 Å². The Morgan fingerprint density at radius 2 is 0.557 bits per heavy atom. The van der Waals surface area contributed by atoms with Crippen molar-refractivity contribution in [3.8, 4) is 0 Å². The van der Waals surface area contributed by atoms with Crippen LogP contribution in [0.25, 0.3) is 0 Å². The van der Waals surface area contributed by atoms with Crippen molar-refractivity contribution in [2.45, 2.75) is 360 Å². The molecule has 0 bridgehead atoms. The molecule has 0 N–H and O–H groups in total. The highest BCUT2D eigenvalue weighted by Crippen LogP contribution is 2.19. The summed E-state index contributed by atoms with van der Waals surface area (Å²) in [4.78, 5) is 37.6. The molecule has 0 heterocycles. The Kier molecular flexibility index (Phi) is 73.5. The van der Waals surface area contributed by atoms with E-state index in [0.717, 1.165) is 103 Å². The van der Waals surface area contributed by atoms with Gasteiger partial charge in [-0.25, -0.2) is 0 Å². The number of hydrogen-bond acceptors (Lipinski definition) is 8. The Hall–Kier alpha value is -4.57. The van der Waals surface area contributed by atoms with Crippen LogP contribution in [-0.4, -0.2) is 82.3 Å². The van der Waals surface area contributed by atoms with Crippen LogP contribution in [0.4, 0.5) is 0 Å². The summed E-state index contributed by atoms with van der Waals surface area (Å²) in [6.45, 7) is 4.56. The number of quaternary nitrogens is 1. The van der Waals surface area contributed by atoms with Gasteiger partial charge in [-0.1, -0.05) is 359 Å². The van der Waals surface area contributed by atoms with Crippen LogP contribution in [0.2, 0.25) is 0 Å². The highest BCUT2D eigenvalue weighted by Gasteiger charge is 2.22. The van der Waals surface area contributed by atoms with Crippen LogP contribution in [0.5, 0.6) is 0 Å². The number of esters is 2. The van der Waals surface area contributed by atoms with Gasteiger partial charge < -0.3 is 33.3 Å². The van der Waals surface area contributed by atoms with Crippen LogP contribution < -0.4 is 5.11 Å². The lowest BCUT2D eigenvalue weighted by molar-refractivity contribution is -0.870. The standard InChI is InChI=1S/C88H151NO8/c1-6-8-10-12-14-16-18-20-22-24-26-28-30-32-34-36-38-39-40-41-42-43-44-45-46-47-49-51-53-55-57-59-61-63-65-67-69-71-73-75-77-79-86(91)97-84(83-96-88(87(92)93)94-81-80-89(3,4)5)82-95-85(90)78-76-74-72-70-68-66-64-62-60-58-56-54-52-50-48-37-35-33-31-29-27-25-23-21-19-17-15-13-11-9-7-2/h8-11,14-17,20-23,26-29,32,34,38-39,41-42,84,88H,6-7,12-13,18-19,24-25,30-31,33,35-37,40,43-83H2,1-5H3/b10-8-,11-9-,16-14-,17-15-,22-20-,23-21-,28-26-,29-27-,34-32-,39-38-,42-41-.